The summed E-state index contributed by atoms with van der Waals surface area (Å²) in [5.41, 5.74) is 2.70. The van der Waals surface area contributed by atoms with Gasteiger partial charge in [0.2, 0.25) is 0 Å². The van der Waals surface area contributed by atoms with Crippen LogP contribution in [0.5, 0.6) is 0 Å². The van der Waals surface area contributed by atoms with Gasteiger partial charge in [0.05, 0.1) is 11.7 Å². The summed E-state index contributed by atoms with van der Waals surface area (Å²) in [5, 5.41) is 9.20. The summed E-state index contributed by atoms with van der Waals surface area (Å²) >= 11 is 3.45. The fourth-order valence-corrected chi connectivity index (χ4v) is 2.15. The van der Waals surface area contributed by atoms with Crippen molar-refractivity contribution in [3.8, 4) is 11.3 Å². The Labute approximate surface area is 107 Å². The predicted molar refractivity (Wildman–Crippen MR) is 70.5 cm³/mol. The highest BCUT2D eigenvalue weighted by Gasteiger charge is 2.07. The summed E-state index contributed by atoms with van der Waals surface area (Å²) in [6, 6.07) is 11.9. The third kappa shape index (κ3) is 1.91. The van der Waals surface area contributed by atoms with E-state index in [2.05, 4.69) is 31.1 Å². The molecule has 0 spiro atoms. The molecule has 2 heterocycles. The zero-order chi connectivity index (χ0) is 11.7. The van der Waals surface area contributed by atoms with E-state index in [1.54, 1.807) is 12.4 Å². The van der Waals surface area contributed by atoms with Gasteiger partial charge in [-0.1, -0.05) is 28.1 Å². The molecule has 3 rings (SSSR count). The van der Waals surface area contributed by atoms with E-state index in [9.17, 15) is 0 Å². The van der Waals surface area contributed by atoms with Crippen LogP contribution in [-0.4, -0.2) is 15.2 Å². The molecule has 0 radical (unpaired) electrons. The van der Waals surface area contributed by atoms with E-state index in [0.717, 1.165) is 26.6 Å². The first-order valence-corrected chi connectivity index (χ1v) is 5.96. The molecular formula is C13H8BrN3. The molecule has 82 valence electrons. The number of benzene rings is 1. The quantitative estimate of drug-likeness (QED) is 0.687. The molecular weight excluding hydrogens is 278 g/mol. The van der Waals surface area contributed by atoms with Crippen LogP contribution in [0.3, 0.4) is 0 Å². The van der Waals surface area contributed by atoms with Crippen molar-refractivity contribution in [2.45, 2.75) is 0 Å². The lowest BCUT2D eigenvalue weighted by Gasteiger charge is -2.03. The van der Waals surface area contributed by atoms with Crippen LogP contribution in [0.4, 0.5) is 0 Å². The first-order chi connectivity index (χ1) is 8.34. The number of pyridine rings is 1. The molecule has 3 nitrogen and oxygen atoms in total. The van der Waals surface area contributed by atoms with E-state index < -0.39 is 0 Å². The minimum Gasteiger partial charge on any atom is -0.254 e. The van der Waals surface area contributed by atoms with Gasteiger partial charge in [-0.25, -0.2) is 0 Å². The van der Waals surface area contributed by atoms with E-state index in [-0.39, 0.29) is 0 Å². The van der Waals surface area contributed by atoms with Crippen molar-refractivity contribution in [2.24, 2.45) is 0 Å². The number of rotatable bonds is 1. The fraction of sp³-hybridized carbons (Fsp3) is 0. The van der Waals surface area contributed by atoms with Crippen molar-refractivity contribution in [1.29, 1.82) is 0 Å². The second-order valence-electron chi connectivity index (χ2n) is 3.64. The Bertz CT molecular complexity index is 677. The van der Waals surface area contributed by atoms with E-state index in [4.69, 9.17) is 0 Å². The van der Waals surface area contributed by atoms with E-state index >= 15 is 0 Å². The van der Waals surface area contributed by atoms with Gasteiger partial charge >= 0.3 is 0 Å². The molecule has 0 fully saturated rings. The molecule has 0 N–H and O–H groups in total. The number of aromatic nitrogens is 3. The minimum absolute atomic E-state index is 0.810. The predicted octanol–water partition coefficient (Wildman–Crippen LogP) is 3.45. The molecule has 17 heavy (non-hydrogen) atoms. The molecule has 0 aliphatic rings. The Morgan fingerprint density at radius 1 is 1.06 bits per heavy atom. The molecule has 0 amide bonds. The van der Waals surface area contributed by atoms with Crippen LogP contribution in [0.2, 0.25) is 0 Å². The molecule has 0 bridgehead atoms. The van der Waals surface area contributed by atoms with Crippen LogP contribution in [0.15, 0.2) is 53.3 Å². The van der Waals surface area contributed by atoms with Crippen molar-refractivity contribution < 1.29 is 0 Å². The standard InChI is InChI=1S/C13H8BrN3/c14-11-5-1-3-9(7-11)13-12-10(8-16-17-13)4-2-6-15-12/h1-8H. The van der Waals surface area contributed by atoms with Gasteiger partial charge in [-0.05, 0) is 24.3 Å². The van der Waals surface area contributed by atoms with Gasteiger partial charge < -0.3 is 0 Å². The Balaban J connectivity index is 2.30. The summed E-state index contributed by atoms with van der Waals surface area (Å²) in [7, 11) is 0. The minimum atomic E-state index is 0.810. The Morgan fingerprint density at radius 2 is 2.00 bits per heavy atom. The zero-order valence-electron chi connectivity index (χ0n) is 8.84. The van der Waals surface area contributed by atoms with Crippen molar-refractivity contribution in [2.75, 3.05) is 0 Å². The van der Waals surface area contributed by atoms with Gasteiger partial charge in [-0.3, -0.25) is 4.98 Å². The normalized spacial score (nSPS) is 10.6. The number of hydrogen-bond donors (Lipinski definition) is 0. The van der Waals surface area contributed by atoms with Crippen molar-refractivity contribution >= 4 is 26.8 Å². The van der Waals surface area contributed by atoms with Gasteiger partial charge in [0, 0.05) is 21.6 Å². The molecule has 0 saturated heterocycles. The topological polar surface area (TPSA) is 38.7 Å². The molecule has 2 aromatic heterocycles. The molecule has 0 aliphatic heterocycles. The van der Waals surface area contributed by atoms with E-state index in [0.29, 0.717) is 0 Å². The number of fused-ring (bicyclic) bond motifs is 1. The molecule has 4 heteroatoms. The van der Waals surface area contributed by atoms with Gasteiger partial charge in [-0.2, -0.15) is 5.10 Å². The SMILES string of the molecule is Brc1cccc(-c2nncc3cccnc23)c1. The van der Waals surface area contributed by atoms with Gasteiger partial charge in [0.15, 0.2) is 0 Å². The van der Waals surface area contributed by atoms with Crippen molar-refractivity contribution in [3.05, 3.63) is 53.3 Å². The number of hydrogen-bond acceptors (Lipinski definition) is 3. The van der Waals surface area contributed by atoms with Crippen LogP contribution in [0.25, 0.3) is 22.2 Å². The highest BCUT2D eigenvalue weighted by molar-refractivity contribution is 9.10. The van der Waals surface area contributed by atoms with Gasteiger partial charge in [0.25, 0.3) is 0 Å². The van der Waals surface area contributed by atoms with Crippen LogP contribution >= 0.6 is 15.9 Å². The lowest BCUT2D eigenvalue weighted by molar-refractivity contribution is 1.05. The summed E-state index contributed by atoms with van der Waals surface area (Å²) in [6.07, 6.45) is 3.50. The van der Waals surface area contributed by atoms with Crippen LogP contribution in [0, 0.1) is 0 Å². The third-order valence-corrected chi connectivity index (χ3v) is 3.01. The lowest BCUT2D eigenvalue weighted by Crippen LogP contribution is -1.91. The summed E-state index contributed by atoms with van der Waals surface area (Å²) in [4.78, 5) is 4.37. The monoisotopic (exact) mass is 285 g/mol. The molecule has 1 aromatic carbocycles. The smallest absolute Gasteiger partial charge is 0.119 e. The van der Waals surface area contributed by atoms with E-state index in [1.807, 2.05) is 36.4 Å². The Hall–Kier alpha value is -1.81. The van der Waals surface area contributed by atoms with Gasteiger partial charge in [0.1, 0.15) is 5.69 Å². The average molecular weight is 286 g/mol. The second kappa shape index (κ2) is 4.22. The molecule has 3 aromatic rings. The third-order valence-electron chi connectivity index (χ3n) is 2.52. The maximum Gasteiger partial charge on any atom is 0.119 e. The molecule has 0 unspecified atom stereocenters. The Morgan fingerprint density at radius 3 is 2.88 bits per heavy atom. The highest BCUT2D eigenvalue weighted by atomic mass is 79.9. The van der Waals surface area contributed by atoms with Crippen LogP contribution in [0.1, 0.15) is 0 Å². The fourth-order valence-electron chi connectivity index (χ4n) is 1.75. The first-order valence-electron chi connectivity index (χ1n) is 5.17. The number of halogens is 1. The Kier molecular flexibility index (Phi) is 2.57. The zero-order valence-corrected chi connectivity index (χ0v) is 10.4. The lowest BCUT2D eigenvalue weighted by atomic mass is 10.1. The summed E-state index contributed by atoms with van der Waals surface area (Å²) < 4.78 is 1.02. The summed E-state index contributed by atoms with van der Waals surface area (Å²) in [5.74, 6) is 0. The molecule has 0 aliphatic carbocycles. The highest BCUT2D eigenvalue weighted by Crippen LogP contribution is 2.25. The first kappa shape index (κ1) is 10.4. The van der Waals surface area contributed by atoms with Crippen molar-refractivity contribution in [3.63, 3.8) is 0 Å². The second-order valence-corrected chi connectivity index (χ2v) is 4.56. The van der Waals surface area contributed by atoms with Crippen LogP contribution in [-0.2, 0) is 0 Å². The van der Waals surface area contributed by atoms with Crippen LogP contribution < -0.4 is 0 Å². The summed E-state index contributed by atoms with van der Waals surface area (Å²) in [6.45, 7) is 0. The average Bonchev–Trinajstić information content (AvgIpc) is 2.38. The van der Waals surface area contributed by atoms with Crippen molar-refractivity contribution in [1.82, 2.24) is 15.2 Å². The largest absolute Gasteiger partial charge is 0.254 e. The molecule has 0 saturated carbocycles. The molecule has 0 atom stereocenters. The van der Waals surface area contributed by atoms with Gasteiger partial charge in [-0.15, -0.1) is 5.10 Å². The van der Waals surface area contributed by atoms with E-state index in [1.165, 1.54) is 0 Å². The maximum absolute atomic E-state index is 4.37. The maximum atomic E-state index is 4.37. The number of nitrogens with zero attached hydrogens (tertiary/aromatic N) is 3.